The fourth-order valence-corrected chi connectivity index (χ4v) is 3.19. The second-order valence-corrected chi connectivity index (χ2v) is 7.14. The maximum atomic E-state index is 5.33. The summed E-state index contributed by atoms with van der Waals surface area (Å²) in [4.78, 5) is 0. The quantitative estimate of drug-likeness (QED) is 0.875. The Kier molecular flexibility index (Phi) is 5.09. The van der Waals surface area contributed by atoms with Crippen molar-refractivity contribution in [1.82, 2.24) is 5.32 Å². The molecule has 0 aliphatic heterocycles. The van der Waals surface area contributed by atoms with Gasteiger partial charge in [-0.05, 0) is 76.1 Å². The first-order valence-corrected chi connectivity index (χ1v) is 7.86. The smallest absolute Gasteiger partial charge is 0.119 e. The van der Waals surface area contributed by atoms with Gasteiger partial charge in [-0.25, -0.2) is 0 Å². The Balaban J connectivity index is 1.93. The number of nitrogens with one attached hydrogen (secondary N) is 1. The summed E-state index contributed by atoms with van der Waals surface area (Å²) < 4.78 is 5.33. The summed E-state index contributed by atoms with van der Waals surface area (Å²) in [5, 5.41) is 3.68. The fourth-order valence-electron chi connectivity index (χ4n) is 3.19. The molecule has 2 rings (SSSR count). The molecule has 0 aromatic heterocycles. The summed E-state index contributed by atoms with van der Waals surface area (Å²) in [7, 11) is 1.74. The van der Waals surface area contributed by atoms with E-state index in [9.17, 15) is 0 Å². The van der Waals surface area contributed by atoms with Crippen LogP contribution in [0.3, 0.4) is 0 Å². The molecule has 20 heavy (non-hydrogen) atoms. The van der Waals surface area contributed by atoms with Gasteiger partial charge in [-0.3, -0.25) is 0 Å². The molecule has 2 heteroatoms. The third-order valence-corrected chi connectivity index (χ3v) is 4.34. The SMILES string of the molecule is COc1cccc(CC2CCCC2CNC(C)(C)C)c1. The summed E-state index contributed by atoms with van der Waals surface area (Å²) >= 11 is 0. The third-order valence-electron chi connectivity index (χ3n) is 4.34. The number of rotatable bonds is 5. The van der Waals surface area contributed by atoms with Crippen LogP contribution in [0, 0.1) is 11.8 Å². The largest absolute Gasteiger partial charge is 0.497 e. The predicted octanol–water partition coefficient (Wildman–Crippen LogP) is 4.04. The Bertz CT molecular complexity index is 422. The standard InChI is InChI=1S/C18H29NO/c1-18(2,3)19-13-16-9-6-8-15(16)11-14-7-5-10-17(12-14)20-4/h5,7,10,12,15-16,19H,6,8-9,11,13H2,1-4H3. The van der Waals surface area contributed by atoms with Crippen LogP contribution in [0.25, 0.3) is 0 Å². The first-order valence-electron chi connectivity index (χ1n) is 7.86. The summed E-state index contributed by atoms with van der Waals surface area (Å²) in [6.45, 7) is 7.90. The molecule has 0 radical (unpaired) electrons. The summed E-state index contributed by atoms with van der Waals surface area (Å²) in [6, 6.07) is 8.55. The van der Waals surface area contributed by atoms with Gasteiger partial charge in [-0.1, -0.05) is 18.6 Å². The molecule has 2 atom stereocenters. The van der Waals surface area contributed by atoms with Gasteiger partial charge < -0.3 is 10.1 Å². The van der Waals surface area contributed by atoms with Gasteiger partial charge in [0.25, 0.3) is 0 Å². The highest BCUT2D eigenvalue weighted by Crippen LogP contribution is 2.34. The summed E-state index contributed by atoms with van der Waals surface area (Å²) in [5.74, 6) is 2.61. The van der Waals surface area contributed by atoms with Gasteiger partial charge in [0.05, 0.1) is 7.11 Å². The number of ether oxygens (including phenoxy) is 1. The average molecular weight is 275 g/mol. The molecule has 0 heterocycles. The zero-order valence-corrected chi connectivity index (χ0v) is 13.4. The molecule has 1 aromatic carbocycles. The lowest BCUT2D eigenvalue weighted by atomic mass is 9.89. The van der Waals surface area contributed by atoms with Crippen LogP contribution in [0.1, 0.15) is 45.6 Å². The van der Waals surface area contributed by atoms with Crippen LogP contribution in [-0.2, 0) is 6.42 Å². The van der Waals surface area contributed by atoms with Crippen molar-refractivity contribution < 1.29 is 4.74 Å². The minimum atomic E-state index is 0.225. The number of methoxy groups -OCH3 is 1. The maximum Gasteiger partial charge on any atom is 0.119 e. The van der Waals surface area contributed by atoms with Crippen LogP contribution in [-0.4, -0.2) is 19.2 Å². The second-order valence-electron chi connectivity index (χ2n) is 7.14. The molecule has 1 aromatic rings. The second kappa shape index (κ2) is 6.62. The topological polar surface area (TPSA) is 21.3 Å². The minimum absolute atomic E-state index is 0.225. The Labute approximate surface area is 123 Å². The van der Waals surface area contributed by atoms with Crippen molar-refractivity contribution in [3.63, 3.8) is 0 Å². The maximum absolute atomic E-state index is 5.33. The van der Waals surface area contributed by atoms with Gasteiger partial charge in [-0.2, -0.15) is 0 Å². The van der Waals surface area contributed by atoms with Crippen LogP contribution in [0.15, 0.2) is 24.3 Å². The lowest BCUT2D eigenvalue weighted by molar-refractivity contribution is 0.317. The van der Waals surface area contributed by atoms with Crippen molar-refractivity contribution in [2.45, 2.75) is 52.0 Å². The molecule has 0 spiro atoms. The van der Waals surface area contributed by atoms with Gasteiger partial charge >= 0.3 is 0 Å². The molecule has 0 amide bonds. The van der Waals surface area contributed by atoms with Crippen LogP contribution < -0.4 is 10.1 Å². The van der Waals surface area contributed by atoms with Crippen molar-refractivity contribution in [3.05, 3.63) is 29.8 Å². The van der Waals surface area contributed by atoms with Gasteiger partial charge in [-0.15, -0.1) is 0 Å². The monoisotopic (exact) mass is 275 g/mol. The van der Waals surface area contributed by atoms with E-state index in [1.807, 2.05) is 6.07 Å². The van der Waals surface area contributed by atoms with Gasteiger partial charge in [0, 0.05) is 5.54 Å². The summed E-state index contributed by atoms with van der Waals surface area (Å²) in [6.07, 6.45) is 5.31. The Hall–Kier alpha value is -1.02. The highest BCUT2D eigenvalue weighted by Gasteiger charge is 2.28. The molecule has 112 valence electrons. The first-order chi connectivity index (χ1) is 9.48. The van der Waals surface area contributed by atoms with Crippen LogP contribution >= 0.6 is 0 Å². The number of benzene rings is 1. The van der Waals surface area contributed by atoms with Crippen molar-refractivity contribution in [1.29, 1.82) is 0 Å². The van der Waals surface area contributed by atoms with E-state index in [0.717, 1.165) is 24.1 Å². The average Bonchev–Trinajstić information content (AvgIpc) is 2.83. The zero-order chi connectivity index (χ0) is 14.6. The van der Waals surface area contributed by atoms with Crippen molar-refractivity contribution in [2.75, 3.05) is 13.7 Å². The third kappa shape index (κ3) is 4.52. The molecule has 2 unspecified atom stereocenters. The van der Waals surface area contributed by atoms with E-state index in [1.165, 1.54) is 31.2 Å². The Morgan fingerprint density at radius 2 is 1.95 bits per heavy atom. The van der Waals surface area contributed by atoms with Crippen molar-refractivity contribution >= 4 is 0 Å². The number of hydrogen-bond acceptors (Lipinski definition) is 2. The van der Waals surface area contributed by atoms with E-state index in [1.54, 1.807) is 7.11 Å². The molecule has 0 bridgehead atoms. The number of hydrogen-bond donors (Lipinski definition) is 1. The normalized spacial score (nSPS) is 23.0. The summed E-state index contributed by atoms with van der Waals surface area (Å²) in [5.41, 5.74) is 1.64. The van der Waals surface area contributed by atoms with Crippen molar-refractivity contribution in [2.24, 2.45) is 11.8 Å². The highest BCUT2D eigenvalue weighted by atomic mass is 16.5. The van der Waals surface area contributed by atoms with Gasteiger partial charge in [0.1, 0.15) is 5.75 Å². The van der Waals surface area contributed by atoms with E-state index in [-0.39, 0.29) is 5.54 Å². The van der Waals surface area contributed by atoms with Gasteiger partial charge in [0.2, 0.25) is 0 Å². The van der Waals surface area contributed by atoms with Crippen molar-refractivity contribution in [3.8, 4) is 5.75 Å². The molecule has 1 N–H and O–H groups in total. The lowest BCUT2D eigenvalue weighted by Crippen LogP contribution is -2.40. The minimum Gasteiger partial charge on any atom is -0.497 e. The Morgan fingerprint density at radius 3 is 2.65 bits per heavy atom. The van der Waals surface area contributed by atoms with E-state index in [2.05, 4.69) is 44.3 Å². The Morgan fingerprint density at radius 1 is 1.20 bits per heavy atom. The molecule has 1 aliphatic carbocycles. The van der Waals surface area contributed by atoms with Crippen LogP contribution in [0.5, 0.6) is 5.75 Å². The zero-order valence-electron chi connectivity index (χ0n) is 13.4. The van der Waals surface area contributed by atoms with Gasteiger partial charge in [0.15, 0.2) is 0 Å². The van der Waals surface area contributed by atoms with E-state index in [4.69, 9.17) is 4.74 Å². The lowest BCUT2D eigenvalue weighted by Gasteiger charge is -2.26. The van der Waals surface area contributed by atoms with Crippen LogP contribution in [0.4, 0.5) is 0 Å². The molecule has 2 nitrogen and oxygen atoms in total. The molecular formula is C18H29NO. The van der Waals surface area contributed by atoms with E-state index >= 15 is 0 Å². The molecule has 1 saturated carbocycles. The first kappa shape index (κ1) is 15.4. The molecule has 0 saturated heterocycles. The van der Waals surface area contributed by atoms with E-state index < -0.39 is 0 Å². The van der Waals surface area contributed by atoms with E-state index in [0.29, 0.717) is 0 Å². The molecule has 1 aliphatic rings. The molecular weight excluding hydrogens is 246 g/mol. The predicted molar refractivity (Wildman–Crippen MR) is 85.3 cm³/mol. The fraction of sp³-hybridized carbons (Fsp3) is 0.667. The molecule has 1 fully saturated rings. The van der Waals surface area contributed by atoms with Crippen LogP contribution in [0.2, 0.25) is 0 Å². The highest BCUT2D eigenvalue weighted by molar-refractivity contribution is 5.28.